The number of aryl methyl sites for hydroxylation is 3. The van der Waals surface area contributed by atoms with Crippen LogP contribution in [0.2, 0.25) is 0 Å². The maximum atomic E-state index is 13.9. The van der Waals surface area contributed by atoms with Gasteiger partial charge >= 0.3 is 6.18 Å². The minimum absolute atomic E-state index is 0.228. The maximum Gasteiger partial charge on any atom is 0.433 e. The number of likely N-dealkylation sites (N-methyl/N-ethyl adjacent to an activating group) is 1. The fourth-order valence-corrected chi connectivity index (χ4v) is 3.90. The zero-order valence-electron chi connectivity index (χ0n) is 19.9. The molecule has 35 heavy (non-hydrogen) atoms. The van der Waals surface area contributed by atoms with Crippen LogP contribution in [-0.2, 0) is 23.8 Å². The van der Waals surface area contributed by atoms with E-state index in [-0.39, 0.29) is 17.8 Å². The Balaban J connectivity index is 1.89. The van der Waals surface area contributed by atoms with Crippen molar-refractivity contribution in [1.82, 2.24) is 15.6 Å². The van der Waals surface area contributed by atoms with Crippen LogP contribution in [0, 0.1) is 12.7 Å². The summed E-state index contributed by atoms with van der Waals surface area (Å²) in [6.07, 6.45) is -1.54. The SMILES string of the molecule is CCc1ccc([C@@H](N[C@H](CCc2ccc(C(F)(F)F)nc2)c2ccc(F)c(C)c2)C(=O)NC)cc1. The second-order valence-electron chi connectivity index (χ2n) is 8.46. The molecule has 0 saturated heterocycles. The van der Waals surface area contributed by atoms with E-state index in [1.54, 1.807) is 26.1 Å². The standard InChI is InChI=1S/C27H29F4N3O/c1-4-18-5-9-20(10-6-18)25(26(35)32-3)34-23(21-11-12-22(28)17(2)15-21)13-7-19-8-14-24(33-16-19)27(29,30)31/h5-6,8-12,14-16,23,25,34H,4,7,13H2,1-3H3,(H,32,35)/t23-,25-/m1/s1. The fourth-order valence-electron chi connectivity index (χ4n) is 3.90. The van der Waals surface area contributed by atoms with Crippen molar-refractivity contribution in [3.8, 4) is 0 Å². The van der Waals surface area contributed by atoms with Crippen LogP contribution >= 0.6 is 0 Å². The molecule has 0 aliphatic rings. The van der Waals surface area contributed by atoms with Gasteiger partial charge in [-0.15, -0.1) is 0 Å². The molecule has 0 aliphatic heterocycles. The normalized spacial score (nSPS) is 13.3. The van der Waals surface area contributed by atoms with E-state index in [1.165, 1.54) is 18.3 Å². The fraction of sp³-hybridized carbons (Fsp3) is 0.333. The highest BCUT2D eigenvalue weighted by atomic mass is 19.4. The Morgan fingerprint density at radius 2 is 1.66 bits per heavy atom. The first-order valence-electron chi connectivity index (χ1n) is 11.5. The highest BCUT2D eigenvalue weighted by Gasteiger charge is 2.32. The molecular formula is C27H29F4N3O. The molecule has 0 bridgehead atoms. The number of amides is 1. The summed E-state index contributed by atoms with van der Waals surface area (Å²) in [5.41, 5.74) is 2.86. The van der Waals surface area contributed by atoms with E-state index in [9.17, 15) is 22.4 Å². The molecule has 1 heterocycles. The van der Waals surface area contributed by atoms with Crippen molar-refractivity contribution >= 4 is 5.91 Å². The average molecular weight is 488 g/mol. The van der Waals surface area contributed by atoms with Gasteiger partial charge in [-0.2, -0.15) is 13.2 Å². The first-order chi connectivity index (χ1) is 16.6. The predicted molar refractivity (Wildman–Crippen MR) is 127 cm³/mol. The van der Waals surface area contributed by atoms with Crippen molar-refractivity contribution in [2.75, 3.05) is 7.05 Å². The van der Waals surface area contributed by atoms with Crippen molar-refractivity contribution in [1.29, 1.82) is 0 Å². The van der Waals surface area contributed by atoms with Gasteiger partial charge in [0.15, 0.2) is 0 Å². The molecule has 1 amide bonds. The highest BCUT2D eigenvalue weighted by Crippen LogP contribution is 2.29. The molecule has 0 spiro atoms. The molecule has 2 atom stereocenters. The lowest BCUT2D eigenvalue weighted by atomic mass is 9.95. The molecule has 0 fully saturated rings. The van der Waals surface area contributed by atoms with E-state index in [1.807, 2.05) is 31.2 Å². The van der Waals surface area contributed by atoms with Crippen LogP contribution in [0.4, 0.5) is 17.6 Å². The van der Waals surface area contributed by atoms with Gasteiger partial charge in [0.05, 0.1) is 0 Å². The van der Waals surface area contributed by atoms with Gasteiger partial charge in [0.1, 0.15) is 17.6 Å². The van der Waals surface area contributed by atoms with Crippen LogP contribution in [0.5, 0.6) is 0 Å². The lowest BCUT2D eigenvalue weighted by Crippen LogP contribution is -2.38. The van der Waals surface area contributed by atoms with E-state index in [4.69, 9.17) is 0 Å². The lowest BCUT2D eigenvalue weighted by molar-refractivity contribution is -0.141. The molecule has 0 unspecified atom stereocenters. The molecule has 1 aromatic heterocycles. The second kappa shape index (κ2) is 11.4. The quantitative estimate of drug-likeness (QED) is 0.372. The Bertz CT molecular complexity index is 1130. The van der Waals surface area contributed by atoms with Gasteiger partial charge in [-0.1, -0.05) is 49.4 Å². The molecule has 8 heteroatoms. The molecule has 2 aromatic carbocycles. The third-order valence-corrected chi connectivity index (χ3v) is 6.02. The number of nitrogens with one attached hydrogen (secondary N) is 2. The van der Waals surface area contributed by atoms with Gasteiger partial charge in [-0.25, -0.2) is 4.39 Å². The van der Waals surface area contributed by atoms with E-state index in [2.05, 4.69) is 15.6 Å². The van der Waals surface area contributed by atoms with E-state index in [0.29, 0.717) is 24.0 Å². The first kappa shape index (κ1) is 26.3. The van der Waals surface area contributed by atoms with Crippen molar-refractivity contribution in [2.24, 2.45) is 0 Å². The Kier molecular flexibility index (Phi) is 8.62. The molecule has 0 radical (unpaired) electrons. The molecule has 0 aliphatic carbocycles. The molecule has 186 valence electrons. The maximum absolute atomic E-state index is 13.9. The molecule has 3 aromatic rings. The summed E-state index contributed by atoms with van der Waals surface area (Å²) in [6.45, 7) is 3.71. The van der Waals surface area contributed by atoms with E-state index >= 15 is 0 Å². The molecule has 0 saturated carbocycles. The highest BCUT2D eigenvalue weighted by molar-refractivity contribution is 5.83. The van der Waals surface area contributed by atoms with Crippen LogP contribution in [0.15, 0.2) is 60.8 Å². The summed E-state index contributed by atoms with van der Waals surface area (Å²) in [5, 5.41) is 6.08. The third-order valence-electron chi connectivity index (χ3n) is 6.02. The topological polar surface area (TPSA) is 54.0 Å². The first-order valence-corrected chi connectivity index (χ1v) is 11.5. The van der Waals surface area contributed by atoms with Gasteiger partial charge in [0, 0.05) is 19.3 Å². The molecule has 2 N–H and O–H groups in total. The number of carbonyl (C=O) groups excluding carboxylic acids is 1. The number of pyridine rings is 1. The summed E-state index contributed by atoms with van der Waals surface area (Å²) in [7, 11) is 1.56. The smallest absolute Gasteiger partial charge is 0.358 e. The van der Waals surface area contributed by atoms with Crippen molar-refractivity contribution < 1.29 is 22.4 Å². The van der Waals surface area contributed by atoms with Crippen LogP contribution in [-0.4, -0.2) is 17.9 Å². The van der Waals surface area contributed by atoms with Crippen molar-refractivity contribution in [3.05, 3.63) is 100 Å². The van der Waals surface area contributed by atoms with Gasteiger partial charge in [0.2, 0.25) is 5.91 Å². The molecule has 4 nitrogen and oxygen atoms in total. The number of hydrogen-bond acceptors (Lipinski definition) is 3. The second-order valence-corrected chi connectivity index (χ2v) is 8.46. The summed E-state index contributed by atoms with van der Waals surface area (Å²) >= 11 is 0. The summed E-state index contributed by atoms with van der Waals surface area (Å²) in [6, 6.07) is 13.8. The van der Waals surface area contributed by atoms with Crippen LogP contribution in [0.25, 0.3) is 0 Å². The zero-order valence-corrected chi connectivity index (χ0v) is 19.9. The number of carbonyl (C=O) groups is 1. The number of aromatic nitrogens is 1. The monoisotopic (exact) mass is 487 g/mol. The van der Waals surface area contributed by atoms with E-state index in [0.717, 1.165) is 29.2 Å². The van der Waals surface area contributed by atoms with Gasteiger partial charge in [0.25, 0.3) is 0 Å². The zero-order chi connectivity index (χ0) is 25.6. The average Bonchev–Trinajstić information content (AvgIpc) is 2.85. The number of alkyl halides is 3. The summed E-state index contributed by atoms with van der Waals surface area (Å²) < 4.78 is 52.5. The third kappa shape index (κ3) is 6.88. The van der Waals surface area contributed by atoms with Gasteiger partial charge in [-0.05, 0) is 66.1 Å². The summed E-state index contributed by atoms with van der Waals surface area (Å²) in [4.78, 5) is 16.3. The Hall–Kier alpha value is -3.26. The van der Waals surface area contributed by atoms with Gasteiger partial charge < -0.3 is 5.32 Å². The number of halogens is 4. The number of benzene rings is 2. The summed E-state index contributed by atoms with van der Waals surface area (Å²) in [5.74, 6) is -0.563. The number of hydrogen-bond donors (Lipinski definition) is 2. The molecule has 3 rings (SSSR count). The minimum atomic E-state index is -4.50. The van der Waals surface area contributed by atoms with Crippen LogP contribution < -0.4 is 10.6 Å². The van der Waals surface area contributed by atoms with Crippen molar-refractivity contribution in [3.63, 3.8) is 0 Å². The largest absolute Gasteiger partial charge is 0.433 e. The van der Waals surface area contributed by atoms with Crippen LogP contribution in [0.1, 0.15) is 58.9 Å². The van der Waals surface area contributed by atoms with Crippen molar-refractivity contribution in [2.45, 2.75) is 51.4 Å². The Morgan fingerprint density at radius 3 is 2.20 bits per heavy atom. The minimum Gasteiger partial charge on any atom is -0.358 e. The molecular weight excluding hydrogens is 458 g/mol. The van der Waals surface area contributed by atoms with E-state index < -0.39 is 17.9 Å². The predicted octanol–water partition coefficient (Wildman–Crippen LogP) is 5.86. The van der Waals surface area contributed by atoms with Gasteiger partial charge in [-0.3, -0.25) is 15.1 Å². The number of rotatable bonds is 9. The Labute approximate surface area is 202 Å². The lowest BCUT2D eigenvalue weighted by Gasteiger charge is -2.26. The Morgan fingerprint density at radius 1 is 1.00 bits per heavy atom. The van der Waals surface area contributed by atoms with Crippen LogP contribution in [0.3, 0.4) is 0 Å². The number of nitrogens with zero attached hydrogens (tertiary/aromatic N) is 1.